The smallest absolute Gasteiger partial charge is 0.244 e. The van der Waals surface area contributed by atoms with E-state index in [2.05, 4.69) is 4.72 Å². The molecule has 2 aromatic carbocycles. The van der Waals surface area contributed by atoms with Crippen LogP contribution in [0.2, 0.25) is 5.02 Å². The Morgan fingerprint density at radius 2 is 1.58 bits per heavy atom. The zero-order chi connectivity index (χ0) is 17.9. The van der Waals surface area contributed by atoms with Crippen molar-refractivity contribution in [3.63, 3.8) is 0 Å². The highest BCUT2D eigenvalue weighted by Gasteiger charge is 2.23. The minimum absolute atomic E-state index is 0.150. The summed E-state index contributed by atoms with van der Waals surface area (Å²) >= 11 is 5.88. The predicted octanol–water partition coefficient (Wildman–Crippen LogP) is 4.51. The third-order valence-corrected chi connectivity index (χ3v) is 5.66. The molecule has 1 atom stereocenters. The molecule has 1 N–H and O–H groups in total. The van der Waals surface area contributed by atoms with Crippen molar-refractivity contribution in [2.45, 2.75) is 37.6 Å². The standard InChI is InChI=1S/C18H22ClNO3S/c1-12(2)15-7-10-17(23-4)18(11-15)24(21,22)20-13(3)14-5-8-16(19)9-6-14/h5-13,20H,1-4H3/t13-/m1/s1. The normalized spacial score (nSPS) is 13.1. The van der Waals surface area contributed by atoms with Gasteiger partial charge in [-0.25, -0.2) is 13.1 Å². The van der Waals surface area contributed by atoms with Gasteiger partial charge in [-0.05, 0) is 48.2 Å². The monoisotopic (exact) mass is 367 g/mol. The molecule has 6 heteroatoms. The number of hydrogen-bond acceptors (Lipinski definition) is 3. The second-order valence-electron chi connectivity index (χ2n) is 5.96. The number of methoxy groups -OCH3 is 1. The summed E-state index contributed by atoms with van der Waals surface area (Å²) in [6, 6.07) is 11.9. The van der Waals surface area contributed by atoms with E-state index < -0.39 is 10.0 Å². The fourth-order valence-electron chi connectivity index (χ4n) is 2.38. The van der Waals surface area contributed by atoms with Crippen molar-refractivity contribution in [3.05, 3.63) is 58.6 Å². The Morgan fingerprint density at radius 1 is 1.00 bits per heavy atom. The number of hydrogen-bond donors (Lipinski definition) is 1. The first-order valence-electron chi connectivity index (χ1n) is 7.70. The van der Waals surface area contributed by atoms with E-state index in [4.69, 9.17) is 16.3 Å². The fraction of sp³-hybridized carbons (Fsp3) is 0.333. The number of halogens is 1. The number of sulfonamides is 1. The third-order valence-electron chi connectivity index (χ3n) is 3.85. The topological polar surface area (TPSA) is 55.4 Å². The van der Waals surface area contributed by atoms with Gasteiger partial charge in [0.05, 0.1) is 7.11 Å². The summed E-state index contributed by atoms with van der Waals surface area (Å²) in [6.45, 7) is 5.82. The van der Waals surface area contributed by atoms with Crippen LogP contribution in [0.15, 0.2) is 47.4 Å². The Morgan fingerprint density at radius 3 is 2.12 bits per heavy atom. The maximum absolute atomic E-state index is 12.8. The van der Waals surface area contributed by atoms with E-state index in [1.165, 1.54) is 7.11 Å². The second kappa shape index (κ2) is 7.55. The molecule has 0 aliphatic rings. The molecule has 0 unspecified atom stereocenters. The zero-order valence-electron chi connectivity index (χ0n) is 14.2. The Hall–Kier alpha value is -1.56. The maximum Gasteiger partial charge on any atom is 0.244 e. The highest BCUT2D eigenvalue weighted by molar-refractivity contribution is 7.89. The van der Waals surface area contributed by atoms with Crippen molar-refractivity contribution in [3.8, 4) is 5.75 Å². The Labute approximate surface area is 148 Å². The van der Waals surface area contributed by atoms with E-state index in [0.717, 1.165) is 11.1 Å². The molecule has 4 nitrogen and oxygen atoms in total. The van der Waals surface area contributed by atoms with Gasteiger partial charge in [0.25, 0.3) is 0 Å². The summed E-state index contributed by atoms with van der Waals surface area (Å²) in [6.07, 6.45) is 0. The Kier molecular flexibility index (Phi) is 5.91. The number of ether oxygens (including phenoxy) is 1. The van der Waals surface area contributed by atoms with E-state index in [1.54, 1.807) is 43.3 Å². The van der Waals surface area contributed by atoms with Gasteiger partial charge in [-0.2, -0.15) is 0 Å². The molecular weight excluding hydrogens is 346 g/mol. The SMILES string of the molecule is COc1ccc(C(C)C)cc1S(=O)(=O)N[C@H](C)c1ccc(Cl)cc1. The Balaban J connectivity index is 2.35. The van der Waals surface area contributed by atoms with Gasteiger partial charge in [-0.1, -0.05) is 43.6 Å². The van der Waals surface area contributed by atoms with Crippen molar-refractivity contribution >= 4 is 21.6 Å². The summed E-state index contributed by atoms with van der Waals surface area (Å²) in [7, 11) is -2.26. The van der Waals surface area contributed by atoms with Crippen LogP contribution in [-0.4, -0.2) is 15.5 Å². The second-order valence-corrected chi connectivity index (χ2v) is 8.08. The lowest BCUT2D eigenvalue weighted by molar-refractivity contribution is 0.401. The lowest BCUT2D eigenvalue weighted by Crippen LogP contribution is -2.27. The largest absolute Gasteiger partial charge is 0.495 e. The number of benzene rings is 2. The van der Waals surface area contributed by atoms with Crippen LogP contribution < -0.4 is 9.46 Å². The predicted molar refractivity (Wildman–Crippen MR) is 97.3 cm³/mol. The molecule has 2 aromatic rings. The van der Waals surface area contributed by atoms with E-state index in [0.29, 0.717) is 10.8 Å². The highest BCUT2D eigenvalue weighted by atomic mass is 35.5. The van der Waals surface area contributed by atoms with Gasteiger partial charge in [0, 0.05) is 11.1 Å². The van der Waals surface area contributed by atoms with Crippen LogP contribution >= 0.6 is 11.6 Å². The van der Waals surface area contributed by atoms with Gasteiger partial charge in [0.1, 0.15) is 10.6 Å². The quantitative estimate of drug-likeness (QED) is 0.817. The number of nitrogens with one attached hydrogen (secondary N) is 1. The van der Waals surface area contributed by atoms with Crippen LogP contribution in [-0.2, 0) is 10.0 Å². The van der Waals surface area contributed by atoms with Gasteiger partial charge in [-0.3, -0.25) is 0 Å². The molecular formula is C18H22ClNO3S. The molecule has 0 spiro atoms. The van der Waals surface area contributed by atoms with Crippen molar-refractivity contribution < 1.29 is 13.2 Å². The molecule has 0 radical (unpaired) electrons. The first kappa shape index (κ1) is 18.8. The summed E-state index contributed by atoms with van der Waals surface area (Å²) in [5.41, 5.74) is 1.78. The molecule has 0 aromatic heterocycles. The van der Waals surface area contributed by atoms with Crippen molar-refractivity contribution in [1.82, 2.24) is 4.72 Å². The van der Waals surface area contributed by atoms with Gasteiger partial charge in [0.2, 0.25) is 10.0 Å². The van der Waals surface area contributed by atoms with E-state index in [-0.39, 0.29) is 16.9 Å². The van der Waals surface area contributed by atoms with Crippen molar-refractivity contribution in [2.24, 2.45) is 0 Å². The van der Waals surface area contributed by atoms with Crippen LogP contribution in [0.25, 0.3) is 0 Å². The zero-order valence-corrected chi connectivity index (χ0v) is 15.8. The third kappa shape index (κ3) is 4.29. The van der Waals surface area contributed by atoms with E-state index in [9.17, 15) is 8.42 Å². The summed E-state index contributed by atoms with van der Waals surface area (Å²) < 4.78 is 33.6. The van der Waals surface area contributed by atoms with Gasteiger partial charge < -0.3 is 4.74 Å². The highest BCUT2D eigenvalue weighted by Crippen LogP contribution is 2.29. The van der Waals surface area contributed by atoms with Gasteiger partial charge in [0.15, 0.2) is 0 Å². The van der Waals surface area contributed by atoms with Crippen LogP contribution in [0.1, 0.15) is 43.9 Å². The maximum atomic E-state index is 12.8. The van der Waals surface area contributed by atoms with E-state index >= 15 is 0 Å². The summed E-state index contributed by atoms with van der Waals surface area (Å²) in [5.74, 6) is 0.550. The minimum atomic E-state index is -3.72. The first-order chi connectivity index (χ1) is 11.2. The lowest BCUT2D eigenvalue weighted by Gasteiger charge is -2.17. The van der Waals surface area contributed by atoms with E-state index in [1.807, 2.05) is 19.9 Å². The molecule has 0 aliphatic heterocycles. The summed E-state index contributed by atoms with van der Waals surface area (Å²) in [4.78, 5) is 0.150. The van der Waals surface area contributed by atoms with Crippen LogP contribution in [0, 0.1) is 0 Å². The molecule has 0 heterocycles. The fourth-order valence-corrected chi connectivity index (χ4v) is 3.94. The average molecular weight is 368 g/mol. The van der Waals surface area contributed by atoms with Crippen LogP contribution in [0.4, 0.5) is 0 Å². The molecule has 0 saturated carbocycles. The lowest BCUT2D eigenvalue weighted by atomic mass is 10.0. The molecule has 0 fully saturated rings. The minimum Gasteiger partial charge on any atom is -0.495 e. The van der Waals surface area contributed by atoms with Gasteiger partial charge >= 0.3 is 0 Å². The van der Waals surface area contributed by atoms with Crippen molar-refractivity contribution in [2.75, 3.05) is 7.11 Å². The molecule has 0 bridgehead atoms. The first-order valence-corrected chi connectivity index (χ1v) is 9.56. The molecule has 2 rings (SSSR count). The molecule has 0 aliphatic carbocycles. The summed E-state index contributed by atoms with van der Waals surface area (Å²) in [5, 5.41) is 0.611. The van der Waals surface area contributed by atoms with Crippen LogP contribution in [0.5, 0.6) is 5.75 Å². The molecule has 130 valence electrons. The molecule has 24 heavy (non-hydrogen) atoms. The molecule has 0 saturated heterocycles. The molecule has 0 amide bonds. The number of rotatable bonds is 6. The van der Waals surface area contributed by atoms with Crippen molar-refractivity contribution in [1.29, 1.82) is 0 Å². The van der Waals surface area contributed by atoms with Crippen LogP contribution in [0.3, 0.4) is 0 Å². The Bertz CT molecular complexity index is 802. The average Bonchev–Trinajstić information content (AvgIpc) is 2.54. The van der Waals surface area contributed by atoms with Gasteiger partial charge in [-0.15, -0.1) is 0 Å².